The van der Waals surface area contributed by atoms with Crippen LogP contribution < -0.4 is 0 Å². The lowest BCUT2D eigenvalue weighted by atomic mass is 10.2. The Morgan fingerprint density at radius 3 is 2.57 bits per heavy atom. The molecule has 1 fully saturated rings. The molecule has 1 aliphatic heterocycles. The van der Waals surface area contributed by atoms with Gasteiger partial charge in [0.2, 0.25) is 0 Å². The van der Waals surface area contributed by atoms with Crippen LogP contribution in [-0.4, -0.2) is 47.8 Å². The van der Waals surface area contributed by atoms with Crippen molar-refractivity contribution in [1.29, 1.82) is 0 Å². The van der Waals surface area contributed by atoms with Crippen LogP contribution in [0.4, 0.5) is 18.0 Å². The molecule has 1 saturated heterocycles. The molecule has 1 aromatic rings. The average molecular weight is 305 g/mol. The van der Waals surface area contributed by atoms with E-state index >= 15 is 0 Å². The lowest BCUT2D eigenvalue weighted by Crippen LogP contribution is -2.33. The Balaban J connectivity index is 1.84. The smallest absolute Gasteiger partial charge is 0.445 e. The molecule has 0 bridgehead atoms. The van der Waals surface area contributed by atoms with Crippen molar-refractivity contribution in [3.63, 3.8) is 0 Å². The molecule has 0 unspecified atom stereocenters. The second-order valence-corrected chi connectivity index (χ2v) is 4.61. The fraction of sp³-hybridized carbons (Fsp3) is 0.462. The van der Waals surface area contributed by atoms with E-state index in [1.165, 1.54) is 0 Å². The quantitative estimate of drug-likeness (QED) is 0.926. The van der Waals surface area contributed by atoms with Crippen molar-refractivity contribution in [2.24, 2.45) is 0 Å². The second-order valence-electron chi connectivity index (χ2n) is 4.61. The number of hydrogen-bond donors (Lipinski definition) is 1. The van der Waals surface area contributed by atoms with E-state index in [0.717, 1.165) is 10.5 Å². The van der Waals surface area contributed by atoms with E-state index < -0.39 is 24.7 Å². The molecule has 0 aromatic heterocycles. The fourth-order valence-electron chi connectivity index (χ4n) is 2.00. The summed E-state index contributed by atoms with van der Waals surface area (Å²) in [6.45, 7) is -0.611. The summed E-state index contributed by atoms with van der Waals surface area (Å²) in [6, 6.07) is 8.86. The number of amides is 1. The molecule has 0 saturated carbocycles. The van der Waals surface area contributed by atoms with Gasteiger partial charge < -0.3 is 14.7 Å². The number of rotatable bonds is 3. The Morgan fingerprint density at radius 2 is 1.95 bits per heavy atom. The molecule has 1 N–H and O–H groups in total. The summed E-state index contributed by atoms with van der Waals surface area (Å²) in [5, 5.41) is 9.48. The molecule has 1 heterocycles. The Bertz CT molecular complexity index is 480. The van der Waals surface area contributed by atoms with E-state index in [1.54, 1.807) is 30.3 Å². The number of benzene rings is 1. The van der Waals surface area contributed by atoms with Gasteiger partial charge in [-0.2, -0.15) is 0 Å². The maximum absolute atomic E-state index is 12.1. The van der Waals surface area contributed by atoms with Crippen molar-refractivity contribution < 1.29 is 32.5 Å². The maximum Gasteiger partial charge on any atom is 0.522 e. The van der Waals surface area contributed by atoms with Crippen LogP contribution in [0.1, 0.15) is 5.56 Å². The third-order valence-electron chi connectivity index (χ3n) is 2.99. The van der Waals surface area contributed by atoms with E-state index in [-0.39, 0.29) is 19.7 Å². The second kappa shape index (κ2) is 6.31. The van der Waals surface area contributed by atoms with Gasteiger partial charge >= 0.3 is 12.5 Å². The third-order valence-corrected chi connectivity index (χ3v) is 2.99. The molecule has 0 radical (unpaired) electrons. The number of β-amino-alcohol motifs (C(OH)–C–C–N with tert-alkyl or cyclic N) is 1. The molecule has 1 amide bonds. The van der Waals surface area contributed by atoms with Gasteiger partial charge in [0.1, 0.15) is 12.7 Å². The third kappa shape index (κ3) is 4.61. The lowest BCUT2D eigenvalue weighted by molar-refractivity contribution is -0.346. The highest BCUT2D eigenvalue weighted by atomic mass is 19.4. The molecular weight excluding hydrogens is 291 g/mol. The molecule has 0 aliphatic carbocycles. The highest BCUT2D eigenvalue weighted by Gasteiger charge is 2.43. The SMILES string of the molecule is O=C(OCc1ccccc1)N1C[C@H](OC(F)(F)F)[C@@H](O)C1. The molecule has 2 atom stereocenters. The summed E-state index contributed by atoms with van der Waals surface area (Å²) >= 11 is 0. The number of alkyl halides is 3. The molecule has 2 rings (SSSR count). The van der Waals surface area contributed by atoms with E-state index in [9.17, 15) is 23.1 Å². The molecule has 8 heteroatoms. The van der Waals surface area contributed by atoms with Gasteiger partial charge in [0.05, 0.1) is 19.2 Å². The van der Waals surface area contributed by atoms with Crippen molar-refractivity contribution >= 4 is 6.09 Å². The van der Waals surface area contributed by atoms with Crippen molar-refractivity contribution in [3.8, 4) is 0 Å². The number of carbonyl (C=O) groups is 1. The minimum absolute atomic E-state index is 0.0110. The van der Waals surface area contributed by atoms with E-state index in [2.05, 4.69) is 4.74 Å². The Hall–Kier alpha value is -1.80. The summed E-state index contributed by atoms with van der Waals surface area (Å²) in [4.78, 5) is 12.7. The number of aliphatic hydroxyl groups is 1. The normalized spacial score (nSPS) is 22.4. The van der Waals surface area contributed by atoms with Crippen LogP contribution >= 0.6 is 0 Å². The number of likely N-dealkylation sites (tertiary alicyclic amines) is 1. The summed E-state index contributed by atoms with van der Waals surface area (Å²) in [5.74, 6) is 0. The molecule has 21 heavy (non-hydrogen) atoms. The number of ether oxygens (including phenoxy) is 2. The van der Waals surface area contributed by atoms with Gasteiger partial charge in [-0.05, 0) is 5.56 Å². The number of hydrogen-bond acceptors (Lipinski definition) is 4. The first-order chi connectivity index (χ1) is 9.85. The first-order valence-electron chi connectivity index (χ1n) is 6.23. The Morgan fingerprint density at radius 1 is 1.29 bits per heavy atom. The van der Waals surface area contributed by atoms with Gasteiger partial charge in [0, 0.05) is 0 Å². The highest BCUT2D eigenvalue weighted by Crippen LogP contribution is 2.24. The number of nitrogens with zero attached hydrogens (tertiary/aromatic N) is 1. The van der Waals surface area contributed by atoms with Gasteiger partial charge in [-0.3, -0.25) is 4.74 Å². The zero-order valence-corrected chi connectivity index (χ0v) is 10.9. The number of carbonyl (C=O) groups excluding carboxylic acids is 1. The van der Waals surface area contributed by atoms with Crippen LogP contribution in [-0.2, 0) is 16.1 Å². The Labute approximate surface area is 118 Å². The standard InChI is InChI=1S/C13H14F3NO4/c14-13(15,16)21-11-7-17(6-10(11)18)12(19)20-8-9-4-2-1-3-5-9/h1-5,10-11,18H,6-8H2/t10-,11-/m0/s1. The van der Waals surface area contributed by atoms with Gasteiger partial charge in [-0.1, -0.05) is 30.3 Å². The van der Waals surface area contributed by atoms with Crippen molar-refractivity contribution in [1.82, 2.24) is 4.90 Å². The van der Waals surface area contributed by atoms with Crippen LogP contribution in [0.2, 0.25) is 0 Å². The fourth-order valence-corrected chi connectivity index (χ4v) is 2.00. The predicted octanol–water partition coefficient (Wildman–Crippen LogP) is 1.90. The first-order valence-corrected chi connectivity index (χ1v) is 6.23. The average Bonchev–Trinajstić information content (AvgIpc) is 2.77. The zero-order valence-electron chi connectivity index (χ0n) is 10.9. The summed E-state index contributed by atoms with van der Waals surface area (Å²) < 4.78 is 45.1. The van der Waals surface area contributed by atoms with Gasteiger partial charge in [-0.25, -0.2) is 4.79 Å². The first kappa shape index (κ1) is 15.6. The number of halogens is 3. The molecule has 1 aliphatic rings. The van der Waals surface area contributed by atoms with Crippen molar-refractivity contribution in [2.75, 3.05) is 13.1 Å². The predicted molar refractivity (Wildman–Crippen MR) is 65.1 cm³/mol. The minimum atomic E-state index is -4.85. The Kier molecular flexibility index (Phi) is 4.69. The van der Waals surface area contributed by atoms with Crippen molar-refractivity contribution in [2.45, 2.75) is 25.2 Å². The van der Waals surface area contributed by atoms with Gasteiger partial charge in [0.15, 0.2) is 0 Å². The van der Waals surface area contributed by atoms with Crippen LogP contribution in [0.3, 0.4) is 0 Å². The maximum atomic E-state index is 12.1. The molecular formula is C13H14F3NO4. The molecule has 0 spiro atoms. The topological polar surface area (TPSA) is 59.0 Å². The van der Waals surface area contributed by atoms with Crippen LogP contribution in [0, 0.1) is 0 Å². The van der Waals surface area contributed by atoms with Crippen molar-refractivity contribution in [3.05, 3.63) is 35.9 Å². The minimum Gasteiger partial charge on any atom is -0.445 e. The summed E-state index contributed by atoms with van der Waals surface area (Å²) in [5.41, 5.74) is 0.758. The zero-order chi connectivity index (χ0) is 15.5. The summed E-state index contributed by atoms with van der Waals surface area (Å²) in [7, 11) is 0. The highest BCUT2D eigenvalue weighted by molar-refractivity contribution is 5.68. The number of aliphatic hydroxyl groups excluding tert-OH is 1. The molecule has 5 nitrogen and oxygen atoms in total. The van der Waals surface area contributed by atoms with Crippen LogP contribution in [0.15, 0.2) is 30.3 Å². The van der Waals surface area contributed by atoms with E-state index in [0.29, 0.717) is 0 Å². The van der Waals surface area contributed by atoms with Gasteiger partial charge in [0.25, 0.3) is 0 Å². The lowest BCUT2D eigenvalue weighted by Gasteiger charge is -2.17. The molecule has 1 aromatic carbocycles. The largest absolute Gasteiger partial charge is 0.522 e. The summed E-state index contributed by atoms with van der Waals surface area (Å²) in [6.07, 6.45) is -8.52. The van der Waals surface area contributed by atoms with Gasteiger partial charge in [-0.15, -0.1) is 13.2 Å². The van der Waals surface area contributed by atoms with E-state index in [4.69, 9.17) is 4.74 Å². The van der Waals surface area contributed by atoms with E-state index in [1.807, 2.05) is 0 Å². The molecule has 116 valence electrons. The van der Waals surface area contributed by atoms with Crippen LogP contribution in [0.25, 0.3) is 0 Å². The monoisotopic (exact) mass is 305 g/mol. The van der Waals surface area contributed by atoms with Crippen LogP contribution in [0.5, 0.6) is 0 Å².